The summed E-state index contributed by atoms with van der Waals surface area (Å²) in [5.74, 6) is 1.53. The largest absolute Gasteiger partial charge is 0.497 e. The number of aryl methyl sites for hydroxylation is 1. The maximum absolute atomic E-state index is 13.0. The second-order valence-electron chi connectivity index (χ2n) is 5.56. The van der Waals surface area contributed by atoms with Gasteiger partial charge in [-0.25, -0.2) is 0 Å². The highest BCUT2D eigenvalue weighted by molar-refractivity contribution is 6.16. The molecule has 0 fully saturated rings. The average molecular weight is 308 g/mol. The van der Waals surface area contributed by atoms with Crippen LogP contribution in [-0.4, -0.2) is 12.9 Å². The van der Waals surface area contributed by atoms with Crippen molar-refractivity contribution in [2.75, 3.05) is 7.11 Å². The highest BCUT2D eigenvalue weighted by Gasteiger charge is 2.21. The summed E-state index contributed by atoms with van der Waals surface area (Å²) < 4.78 is 11.1. The molecule has 0 radical (unpaired) electrons. The molecule has 0 N–H and O–H groups in total. The van der Waals surface area contributed by atoms with E-state index in [2.05, 4.69) is 6.92 Å². The Morgan fingerprint density at radius 2 is 1.83 bits per heavy atom. The van der Waals surface area contributed by atoms with Gasteiger partial charge in [0.25, 0.3) is 0 Å². The Bertz CT molecular complexity index is 813. The molecule has 0 bridgehead atoms. The molecule has 3 heteroatoms. The zero-order chi connectivity index (χ0) is 16.2. The van der Waals surface area contributed by atoms with E-state index in [-0.39, 0.29) is 5.78 Å². The molecule has 1 aromatic heterocycles. The summed E-state index contributed by atoms with van der Waals surface area (Å²) in [4.78, 5) is 13.0. The van der Waals surface area contributed by atoms with Crippen molar-refractivity contribution in [3.05, 3.63) is 65.4 Å². The van der Waals surface area contributed by atoms with Gasteiger partial charge < -0.3 is 9.15 Å². The molecular weight excluding hydrogens is 288 g/mol. The number of hydrogen-bond donors (Lipinski definition) is 0. The summed E-state index contributed by atoms with van der Waals surface area (Å²) in [6.07, 6.45) is 2.85. The fourth-order valence-electron chi connectivity index (χ4n) is 2.75. The van der Waals surface area contributed by atoms with Crippen LogP contribution in [0.5, 0.6) is 5.75 Å². The molecule has 0 saturated heterocycles. The van der Waals surface area contributed by atoms with Gasteiger partial charge in [-0.15, -0.1) is 0 Å². The van der Waals surface area contributed by atoms with E-state index in [0.29, 0.717) is 11.1 Å². The fourth-order valence-corrected chi connectivity index (χ4v) is 2.75. The van der Waals surface area contributed by atoms with Gasteiger partial charge in [-0.05, 0) is 36.8 Å². The van der Waals surface area contributed by atoms with Crippen molar-refractivity contribution in [2.24, 2.45) is 0 Å². The van der Waals surface area contributed by atoms with Crippen molar-refractivity contribution in [3.63, 3.8) is 0 Å². The number of hydrogen-bond acceptors (Lipinski definition) is 3. The van der Waals surface area contributed by atoms with Gasteiger partial charge in [0.15, 0.2) is 5.78 Å². The van der Waals surface area contributed by atoms with Crippen LogP contribution >= 0.6 is 0 Å². The molecule has 0 amide bonds. The first-order chi connectivity index (χ1) is 11.2. The molecule has 3 rings (SSSR count). The molecule has 3 aromatic rings. The summed E-state index contributed by atoms with van der Waals surface area (Å²) in [7, 11) is 1.61. The van der Waals surface area contributed by atoms with Crippen LogP contribution in [-0.2, 0) is 6.42 Å². The number of ketones is 1. The SMILES string of the molecule is CCCCc1oc2ccccc2c1C(=O)c1ccc(OC)cc1. The molecule has 0 spiro atoms. The van der Waals surface area contributed by atoms with Gasteiger partial charge in [0, 0.05) is 17.4 Å². The first kappa shape index (κ1) is 15.3. The van der Waals surface area contributed by atoms with Crippen LogP contribution in [0.2, 0.25) is 0 Å². The summed E-state index contributed by atoms with van der Waals surface area (Å²) in [6.45, 7) is 2.13. The van der Waals surface area contributed by atoms with E-state index in [0.717, 1.165) is 41.7 Å². The van der Waals surface area contributed by atoms with Crippen LogP contribution < -0.4 is 4.74 Å². The molecule has 23 heavy (non-hydrogen) atoms. The van der Waals surface area contributed by atoms with Crippen LogP contribution in [0.3, 0.4) is 0 Å². The molecule has 0 saturated carbocycles. The quantitative estimate of drug-likeness (QED) is 0.601. The van der Waals surface area contributed by atoms with Crippen LogP contribution in [0, 0.1) is 0 Å². The molecule has 0 atom stereocenters. The average Bonchev–Trinajstić information content (AvgIpc) is 2.97. The number of carbonyl (C=O) groups excluding carboxylic acids is 1. The Hall–Kier alpha value is -2.55. The molecule has 118 valence electrons. The molecule has 1 heterocycles. The third kappa shape index (κ3) is 3.00. The number of methoxy groups -OCH3 is 1. The maximum Gasteiger partial charge on any atom is 0.197 e. The topological polar surface area (TPSA) is 39.4 Å². The lowest BCUT2D eigenvalue weighted by atomic mass is 9.98. The number of rotatable bonds is 6. The molecule has 0 aliphatic carbocycles. The first-order valence-electron chi connectivity index (χ1n) is 7.93. The van der Waals surface area contributed by atoms with Crippen molar-refractivity contribution in [1.29, 1.82) is 0 Å². The highest BCUT2D eigenvalue weighted by Crippen LogP contribution is 2.29. The Labute approximate surface area is 135 Å². The van der Waals surface area contributed by atoms with Crippen LogP contribution in [0.25, 0.3) is 11.0 Å². The number of para-hydroxylation sites is 1. The predicted octanol–water partition coefficient (Wildman–Crippen LogP) is 5.02. The van der Waals surface area contributed by atoms with E-state index in [9.17, 15) is 4.79 Å². The number of furan rings is 1. The van der Waals surface area contributed by atoms with E-state index < -0.39 is 0 Å². The number of fused-ring (bicyclic) bond motifs is 1. The Morgan fingerprint density at radius 3 is 2.52 bits per heavy atom. The molecule has 3 nitrogen and oxygen atoms in total. The Kier molecular flexibility index (Phi) is 4.47. The van der Waals surface area contributed by atoms with Crippen molar-refractivity contribution in [1.82, 2.24) is 0 Å². The summed E-state index contributed by atoms with van der Waals surface area (Å²) >= 11 is 0. The minimum atomic E-state index is 0.00343. The molecule has 0 aliphatic rings. The Balaban J connectivity index is 2.06. The van der Waals surface area contributed by atoms with E-state index >= 15 is 0 Å². The summed E-state index contributed by atoms with van der Waals surface area (Å²) in [5, 5.41) is 0.888. The van der Waals surface area contributed by atoms with Crippen molar-refractivity contribution >= 4 is 16.8 Å². The predicted molar refractivity (Wildman–Crippen MR) is 91.3 cm³/mol. The van der Waals surface area contributed by atoms with Gasteiger partial charge in [-0.1, -0.05) is 31.5 Å². The summed E-state index contributed by atoms with van der Waals surface area (Å²) in [5.41, 5.74) is 2.12. The lowest BCUT2D eigenvalue weighted by Crippen LogP contribution is -2.04. The third-order valence-electron chi connectivity index (χ3n) is 4.01. The van der Waals surface area contributed by atoms with Gasteiger partial charge >= 0.3 is 0 Å². The zero-order valence-electron chi connectivity index (χ0n) is 13.5. The summed E-state index contributed by atoms with van der Waals surface area (Å²) in [6, 6.07) is 14.9. The van der Waals surface area contributed by atoms with Gasteiger partial charge in [-0.3, -0.25) is 4.79 Å². The number of benzene rings is 2. The fraction of sp³-hybridized carbons (Fsp3) is 0.250. The minimum absolute atomic E-state index is 0.00343. The van der Waals surface area contributed by atoms with Crippen molar-refractivity contribution in [3.8, 4) is 5.75 Å². The lowest BCUT2D eigenvalue weighted by Gasteiger charge is -2.04. The number of ether oxygens (including phenoxy) is 1. The van der Waals surface area contributed by atoms with Crippen molar-refractivity contribution in [2.45, 2.75) is 26.2 Å². The normalized spacial score (nSPS) is 10.9. The lowest BCUT2D eigenvalue weighted by molar-refractivity contribution is 0.103. The van der Waals surface area contributed by atoms with Crippen LogP contribution in [0.15, 0.2) is 52.9 Å². The van der Waals surface area contributed by atoms with Crippen molar-refractivity contribution < 1.29 is 13.9 Å². The zero-order valence-corrected chi connectivity index (χ0v) is 13.5. The molecule has 0 aliphatic heterocycles. The monoisotopic (exact) mass is 308 g/mol. The van der Waals surface area contributed by atoms with Gasteiger partial charge in [0.05, 0.1) is 12.7 Å². The second-order valence-corrected chi connectivity index (χ2v) is 5.56. The Morgan fingerprint density at radius 1 is 1.09 bits per heavy atom. The van der Waals surface area contributed by atoms with Gasteiger partial charge in [-0.2, -0.15) is 0 Å². The van der Waals surface area contributed by atoms with Crippen LogP contribution in [0.4, 0.5) is 0 Å². The maximum atomic E-state index is 13.0. The van der Waals surface area contributed by atoms with Gasteiger partial charge in [0.2, 0.25) is 0 Å². The van der Waals surface area contributed by atoms with Crippen LogP contribution in [0.1, 0.15) is 41.4 Å². The van der Waals surface area contributed by atoms with E-state index in [1.165, 1.54) is 0 Å². The number of carbonyl (C=O) groups is 1. The number of unbranched alkanes of at least 4 members (excludes halogenated alkanes) is 1. The van der Waals surface area contributed by atoms with E-state index in [1.54, 1.807) is 31.4 Å². The standard InChI is InChI=1S/C20H20O3/c1-3-4-8-18-19(16-7-5-6-9-17(16)23-18)20(21)14-10-12-15(22-2)13-11-14/h5-7,9-13H,3-4,8H2,1-2H3. The third-order valence-corrected chi connectivity index (χ3v) is 4.01. The highest BCUT2D eigenvalue weighted by atomic mass is 16.5. The van der Waals surface area contributed by atoms with Gasteiger partial charge in [0.1, 0.15) is 17.1 Å². The smallest absolute Gasteiger partial charge is 0.197 e. The van der Waals surface area contributed by atoms with E-state index in [1.807, 2.05) is 24.3 Å². The molecule has 0 unspecified atom stereocenters. The molecule has 2 aromatic carbocycles. The first-order valence-corrected chi connectivity index (χ1v) is 7.93. The second kappa shape index (κ2) is 6.69. The molecular formula is C20H20O3. The minimum Gasteiger partial charge on any atom is -0.497 e. The van der Waals surface area contributed by atoms with E-state index in [4.69, 9.17) is 9.15 Å².